The molecule has 128 valence electrons. The van der Waals surface area contributed by atoms with Crippen molar-refractivity contribution in [3.05, 3.63) is 54.1 Å². The lowest BCUT2D eigenvalue weighted by molar-refractivity contribution is -0.119. The molecule has 2 rings (SSSR count). The van der Waals surface area contributed by atoms with Crippen molar-refractivity contribution in [3.8, 4) is 11.1 Å². The van der Waals surface area contributed by atoms with Crippen LogP contribution in [0.25, 0.3) is 11.1 Å². The highest BCUT2D eigenvalue weighted by Crippen LogP contribution is 2.29. The first kappa shape index (κ1) is 18.2. The Morgan fingerprint density at radius 3 is 2.25 bits per heavy atom. The lowest BCUT2D eigenvalue weighted by atomic mass is 9.91. The number of carbonyl (C=O) groups excluding carboxylic acids is 1. The lowest BCUT2D eigenvalue weighted by Crippen LogP contribution is -2.21. The second-order valence-electron chi connectivity index (χ2n) is 5.76. The number of carbonyl (C=O) groups is 1. The van der Waals surface area contributed by atoms with E-state index in [0.29, 0.717) is 12.0 Å². The van der Waals surface area contributed by atoms with Crippen LogP contribution in [0.4, 0.5) is 0 Å². The van der Waals surface area contributed by atoms with Crippen LogP contribution in [-0.2, 0) is 14.8 Å². The van der Waals surface area contributed by atoms with E-state index in [2.05, 4.69) is 6.92 Å². The molecule has 0 aliphatic carbocycles. The van der Waals surface area contributed by atoms with Crippen LogP contribution in [0.1, 0.15) is 37.7 Å². The minimum Gasteiger partial charge on any atom is -0.369 e. The third-order valence-corrected chi connectivity index (χ3v) is 4.98. The van der Waals surface area contributed by atoms with Gasteiger partial charge in [-0.1, -0.05) is 62.2 Å². The van der Waals surface area contributed by atoms with Gasteiger partial charge in [-0.15, -0.1) is 0 Å². The van der Waals surface area contributed by atoms with Crippen molar-refractivity contribution in [2.24, 2.45) is 10.9 Å². The van der Waals surface area contributed by atoms with E-state index in [9.17, 15) is 13.2 Å². The summed E-state index contributed by atoms with van der Waals surface area (Å²) in [6.45, 7) is 2.06. The minimum atomic E-state index is -3.81. The number of hydrogen-bond acceptors (Lipinski definition) is 3. The van der Waals surface area contributed by atoms with Crippen molar-refractivity contribution >= 4 is 15.9 Å². The topological polar surface area (TPSA) is 103 Å². The molecular weight excluding hydrogens is 324 g/mol. The van der Waals surface area contributed by atoms with Gasteiger partial charge in [-0.05, 0) is 23.6 Å². The van der Waals surface area contributed by atoms with Crippen LogP contribution in [0.5, 0.6) is 0 Å². The number of nitrogens with two attached hydrogens (primary N) is 2. The third-order valence-electron chi connectivity index (χ3n) is 4.01. The Morgan fingerprint density at radius 1 is 1.08 bits per heavy atom. The molecule has 0 aliphatic rings. The van der Waals surface area contributed by atoms with Gasteiger partial charge in [0, 0.05) is 5.56 Å². The van der Waals surface area contributed by atoms with E-state index < -0.39 is 10.0 Å². The number of primary sulfonamides is 1. The quantitative estimate of drug-likeness (QED) is 0.805. The molecule has 2 aromatic rings. The number of unbranched alkanes of at least 4 members (excludes halogenated alkanes) is 1. The van der Waals surface area contributed by atoms with Crippen molar-refractivity contribution in [1.82, 2.24) is 0 Å². The van der Waals surface area contributed by atoms with Crippen LogP contribution in [0.15, 0.2) is 53.4 Å². The van der Waals surface area contributed by atoms with E-state index in [1.165, 1.54) is 6.07 Å². The first-order valence-corrected chi connectivity index (χ1v) is 9.40. The maximum atomic E-state index is 11.7. The molecule has 0 heterocycles. The largest absolute Gasteiger partial charge is 0.369 e. The highest BCUT2D eigenvalue weighted by Gasteiger charge is 2.18. The molecule has 24 heavy (non-hydrogen) atoms. The average molecular weight is 346 g/mol. The summed E-state index contributed by atoms with van der Waals surface area (Å²) in [4.78, 5) is 11.8. The Balaban J connectivity index is 2.38. The van der Waals surface area contributed by atoms with Gasteiger partial charge in [0.25, 0.3) is 0 Å². The molecule has 0 aromatic heterocycles. The van der Waals surface area contributed by atoms with E-state index in [1.807, 2.05) is 12.1 Å². The van der Waals surface area contributed by atoms with Gasteiger partial charge in [0.05, 0.1) is 10.8 Å². The smallest absolute Gasteiger partial charge is 0.238 e. The van der Waals surface area contributed by atoms with E-state index in [-0.39, 0.29) is 16.7 Å². The van der Waals surface area contributed by atoms with Gasteiger partial charge >= 0.3 is 0 Å². The normalized spacial score (nSPS) is 12.8. The summed E-state index contributed by atoms with van der Waals surface area (Å²) < 4.78 is 23.5. The molecule has 0 aliphatic heterocycles. The van der Waals surface area contributed by atoms with Gasteiger partial charge in [-0.3, -0.25) is 4.79 Å². The summed E-state index contributed by atoms with van der Waals surface area (Å²) in [6.07, 6.45) is 2.62. The average Bonchev–Trinajstić information content (AvgIpc) is 2.55. The van der Waals surface area contributed by atoms with E-state index in [0.717, 1.165) is 24.0 Å². The molecule has 1 unspecified atom stereocenters. The monoisotopic (exact) mass is 346 g/mol. The van der Waals surface area contributed by atoms with Crippen LogP contribution in [-0.4, -0.2) is 14.3 Å². The van der Waals surface area contributed by atoms with E-state index in [1.54, 1.807) is 30.3 Å². The number of benzene rings is 2. The number of amides is 1. The Morgan fingerprint density at radius 2 is 1.71 bits per heavy atom. The fourth-order valence-electron chi connectivity index (χ4n) is 2.73. The zero-order chi connectivity index (χ0) is 17.7. The van der Waals surface area contributed by atoms with Gasteiger partial charge in [0.2, 0.25) is 15.9 Å². The van der Waals surface area contributed by atoms with Crippen molar-refractivity contribution in [2.45, 2.75) is 37.0 Å². The second-order valence-corrected chi connectivity index (χ2v) is 7.29. The molecule has 0 fully saturated rings. The van der Waals surface area contributed by atoms with Gasteiger partial charge in [-0.25, -0.2) is 13.6 Å². The number of hydrogen-bond donors (Lipinski definition) is 2. The molecule has 5 nitrogen and oxygen atoms in total. The van der Waals surface area contributed by atoms with Gasteiger partial charge < -0.3 is 5.73 Å². The molecule has 0 bridgehead atoms. The van der Waals surface area contributed by atoms with Crippen LogP contribution in [0.2, 0.25) is 0 Å². The van der Waals surface area contributed by atoms with E-state index in [4.69, 9.17) is 10.9 Å². The molecule has 0 radical (unpaired) electrons. The fraction of sp³-hybridized carbons (Fsp3) is 0.278. The van der Waals surface area contributed by atoms with Crippen molar-refractivity contribution in [3.63, 3.8) is 0 Å². The summed E-state index contributed by atoms with van der Waals surface area (Å²) in [6, 6.07) is 13.8. The van der Waals surface area contributed by atoms with Gasteiger partial charge in [-0.2, -0.15) is 0 Å². The highest BCUT2D eigenvalue weighted by molar-refractivity contribution is 7.89. The van der Waals surface area contributed by atoms with Gasteiger partial charge in [0.1, 0.15) is 0 Å². The molecule has 6 heteroatoms. The lowest BCUT2D eigenvalue weighted by Gasteiger charge is -2.14. The summed E-state index contributed by atoms with van der Waals surface area (Å²) in [5.41, 5.74) is 7.61. The summed E-state index contributed by atoms with van der Waals surface area (Å²) >= 11 is 0. The number of primary amides is 1. The first-order valence-electron chi connectivity index (χ1n) is 7.86. The third kappa shape index (κ3) is 4.21. The molecule has 1 amide bonds. The molecular formula is C18H22N2O3S. The van der Waals surface area contributed by atoms with Gasteiger partial charge in [0.15, 0.2) is 0 Å². The molecule has 0 spiro atoms. The zero-order valence-corrected chi connectivity index (χ0v) is 14.4. The minimum absolute atomic E-state index is 0.0789. The molecule has 0 saturated carbocycles. The standard InChI is InChI=1S/C18H22N2O3S/c1-2-3-6-16(18(19)21)14-11-9-13(10-12-14)15-7-4-5-8-17(15)24(20,22)23/h4-5,7-12,16H,2-3,6H2,1H3,(H2,19,21)(H2,20,22,23). The fourth-order valence-corrected chi connectivity index (χ4v) is 3.49. The molecule has 0 saturated heterocycles. The maximum absolute atomic E-state index is 11.7. The highest BCUT2D eigenvalue weighted by atomic mass is 32.2. The van der Waals surface area contributed by atoms with Crippen LogP contribution < -0.4 is 10.9 Å². The zero-order valence-electron chi connectivity index (χ0n) is 13.6. The van der Waals surface area contributed by atoms with Crippen molar-refractivity contribution in [2.75, 3.05) is 0 Å². The van der Waals surface area contributed by atoms with E-state index >= 15 is 0 Å². The first-order chi connectivity index (χ1) is 11.3. The summed E-state index contributed by atoms with van der Waals surface area (Å²) in [7, 11) is -3.81. The molecule has 2 aromatic carbocycles. The van der Waals surface area contributed by atoms with Crippen molar-refractivity contribution < 1.29 is 13.2 Å². The molecule has 4 N–H and O–H groups in total. The van der Waals surface area contributed by atoms with Crippen LogP contribution in [0.3, 0.4) is 0 Å². The summed E-state index contributed by atoms with van der Waals surface area (Å²) in [5.74, 6) is -0.673. The number of rotatable bonds is 7. The maximum Gasteiger partial charge on any atom is 0.238 e. The SMILES string of the molecule is CCCCC(C(N)=O)c1ccc(-c2ccccc2S(N)(=O)=O)cc1. The Bertz CT molecular complexity index is 814. The Hall–Kier alpha value is -2.18. The molecule has 1 atom stereocenters. The Labute approximate surface area is 142 Å². The second kappa shape index (κ2) is 7.59. The number of sulfonamides is 1. The predicted octanol–water partition coefficient (Wildman–Crippen LogP) is 2.76. The van der Waals surface area contributed by atoms with Crippen molar-refractivity contribution in [1.29, 1.82) is 0 Å². The van der Waals surface area contributed by atoms with Crippen LogP contribution in [0, 0.1) is 0 Å². The predicted molar refractivity (Wildman–Crippen MR) is 94.7 cm³/mol. The van der Waals surface area contributed by atoms with Crippen LogP contribution >= 0.6 is 0 Å². The Kier molecular flexibility index (Phi) is 5.75. The summed E-state index contributed by atoms with van der Waals surface area (Å²) in [5, 5.41) is 5.28.